The van der Waals surface area contributed by atoms with Crippen molar-refractivity contribution in [2.24, 2.45) is 0 Å². The van der Waals surface area contributed by atoms with Crippen molar-refractivity contribution in [2.45, 2.75) is 0 Å². The summed E-state index contributed by atoms with van der Waals surface area (Å²) in [4.78, 5) is 5.06. The van der Waals surface area contributed by atoms with E-state index in [0.717, 1.165) is 4.88 Å². The van der Waals surface area contributed by atoms with Crippen molar-refractivity contribution in [3.8, 4) is 32.1 Å². The lowest BCUT2D eigenvalue weighted by molar-refractivity contribution is 0.584. The molecule has 0 saturated heterocycles. The number of rotatable bonds is 3. The summed E-state index contributed by atoms with van der Waals surface area (Å²) in [6.45, 7) is 0. The van der Waals surface area contributed by atoms with Gasteiger partial charge >= 0.3 is 0 Å². The van der Waals surface area contributed by atoms with Crippen LogP contribution in [0.4, 0.5) is 10.1 Å². The molecular weight excluding hydrogens is 396 g/mol. The Hall–Kier alpha value is -2.48. The first-order chi connectivity index (χ1) is 12.5. The minimum Gasteiger partial charge on any atom is -0.397 e. The number of pyridine rings is 1. The number of halogens is 3. The molecule has 130 valence electrons. The van der Waals surface area contributed by atoms with Crippen LogP contribution in [0.15, 0.2) is 42.7 Å². The number of hydrogen-bond donors (Lipinski definition) is 2. The van der Waals surface area contributed by atoms with E-state index in [-0.39, 0.29) is 0 Å². The highest BCUT2D eigenvalue weighted by atomic mass is 35.5. The molecular formula is C17H10Cl2FN5S. The summed E-state index contributed by atoms with van der Waals surface area (Å²) in [7, 11) is 0. The molecule has 3 heterocycles. The monoisotopic (exact) mass is 405 g/mol. The van der Waals surface area contributed by atoms with Gasteiger partial charge in [0, 0.05) is 28.4 Å². The van der Waals surface area contributed by atoms with Crippen LogP contribution >= 0.6 is 34.5 Å². The predicted molar refractivity (Wildman–Crippen MR) is 103 cm³/mol. The Bertz CT molecular complexity index is 1090. The van der Waals surface area contributed by atoms with Gasteiger partial charge in [-0.25, -0.2) is 4.98 Å². The fourth-order valence-corrected chi connectivity index (χ4v) is 4.34. The molecule has 0 radical (unpaired) electrons. The number of H-pyrrole nitrogens is 1. The zero-order chi connectivity index (χ0) is 18.3. The average molecular weight is 406 g/mol. The molecule has 0 saturated carbocycles. The minimum absolute atomic E-state index is 0.458. The molecule has 5 nitrogen and oxygen atoms in total. The molecule has 3 N–H and O–H groups in total. The van der Waals surface area contributed by atoms with Gasteiger partial charge in [0.15, 0.2) is 0 Å². The van der Waals surface area contributed by atoms with Crippen LogP contribution in [0.5, 0.6) is 0 Å². The van der Waals surface area contributed by atoms with Crippen LogP contribution in [0.2, 0.25) is 10.0 Å². The molecule has 4 aromatic rings. The number of hydrogen-bond acceptors (Lipinski definition) is 5. The number of nitrogens with one attached hydrogen (secondary N) is 1. The van der Waals surface area contributed by atoms with Gasteiger partial charge in [-0.2, -0.15) is 19.8 Å². The summed E-state index contributed by atoms with van der Waals surface area (Å²) < 4.78 is 13.6. The van der Waals surface area contributed by atoms with E-state index in [1.807, 2.05) is 0 Å². The SMILES string of the molecule is Nc1c(-c2ccnc(F)c2)sc(-c2cn[nH]n2)c1-c1ccc(Cl)cc1Cl. The van der Waals surface area contributed by atoms with Gasteiger partial charge in [-0.1, -0.05) is 29.3 Å². The van der Waals surface area contributed by atoms with Crippen LogP contribution in [-0.4, -0.2) is 20.4 Å². The van der Waals surface area contributed by atoms with Crippen LogP contribution in [0.25, 0.3) is 32.1 Å². The van der Waals surface area contributed by atoms with E-state index >= 15 is 0 Å². The highest BCUT2D eigenvalue weighted by Crippen LogP contribution is 2.50. The van der Waals surface area contributed by atoms with Crippen molar-refractivity contribution in [1.29, 1.82) is 0 Å². The van der Waals surface area contributed by atoms with E-state index < -0.39 is 5.95 Å². The summed E-state index contributed by atoms with van der Waals surface area (Å²) in [5, 5.41) is 11.6. The Kier molecular flexibility index (Phi) is 4.36. The summed E-state index contributed by atoms with van der Waals surface area (Å²) in [6, 6.07) is 8.21. The molecule has 3 aromatic heterocycles. The first kappa shape index (κ1) is 17.0. The van der Waals surface area contributed by atoms with Gasteiger partial charge in [0.1, 0.15) is 5.69 Å². The maximum absolute atomic E-state index is 13.6. The third-order valence-corrected chi connectivity index (χ3v) is 5.61. The van der Waals surface area contributed by atoms with Crippen molar-refractivity contribution in [2.75, 3.05) is 5.73 Å². The topological polar surface area (TPSA) is 80.5 Å². The van der Waals surface area contributed by atoms with Gasteiger partial charge in [-0.15, -0.1) is 11.3 Å². The van der Waals surface area contributed by atoms with Crippen molar-refractivity contribution < 1.29 is 4.39 Å². The number of nitrogens with two attached hydrogens (primary N) is 1. The number of benzene rings is 1. The van der Waals surface area contributed by atoms with E-state index in [1.54, 1.807) is 30.5 Å². The second-order valence-corrected chi connectivity index (χ2v) is 7.26. The largest absolute Gasteiger partial charge is 0.397 e. The Morgan fingerprint density at radius 3 is 2.65 bits per heavy atom. The van der Waals surface area contributed by atoms with Gasteiger partial charge in [0.25, 0.3) is 0 Å². The summed E-state index contributed by atoms with van der Waals surface area (Å²) in [5.74, 6) is -0.579. The Morgan fingerprint density at radius 1 is 1.12 bits per heavy atom. The molecule has 0 amide bonds. The van der Waals surface area contributed by atoms with E-state index in [1.165, 1.54) is 23.6 Å². The number of aromatic amines is 1. The Labute approximate surface area is 161 Å². The highest BCUT2D eigenvalue weighted by molar-refractivity contribution is 7.20. The molecule has 4 rings (SSSR count). The van der Waals surface area contributed by atoms with Gasteiger partial charge in [-0.05, 0) is 23.8 Å². The second kappa shape index (κ2) is 6.68. The molecule has 0 atom stereocenters. The number of anilines is 1. The Morgan fingerprint density at radius 2 is 1.96 bits per heavy atom. The number of nitrogen functional groups attached to an aromatic ring is 1. The molecule has 26 heavy (non-hydrogen) atoms. The van der Waals surface area contributed by atoms with Crippen molar-refractivity contribution in [3.63, 3.8) is 0 Å². The van der Waals surface area contributed by atoms with Gasteiger partial charge < -0.3 is 5.73 Å². The number of nitrogens with zero attached hydrogens (tertiary/aromatic N) is 3. The van der Waals surface area contributed by atoms with E-state index in [0.29, 0.717) is 43.0 Å². The van der Waals surface area contributed by atoms with Crippen molar-refractivity contribution in [3.05, 3.63) is 58.7 Å². The molecule has 0 aliphatic heterocycles. The first-order valence-electron chi connectivity index (χ1n) is 7.40. The third-order valence-electron chi connectivity index (χ3n) is 3.78. The number of aromatic nitrogens is 4. The molecule has 0 fully saturated rings. The van der Waals surface area contributed by atoms with Gasteiger partial charge in [-0.3, -0.25) is 0 Å². The quantitative estimate of drug-likeness (QED) is 0.453. The van der Waals surface area contributed by atoms with Crippen LogP contribution in [-0.2, 0) is 0 Å². The summed E-state index contributed by atoms with van der Waals surface area (Å²) >= 11 is 13.8. The zero-order valence-electron chi connectivity index (χ0n) is 13.0. The molecule has 9 heteroatoms. The maximum Gasteiger partial charge on any atom is 0.213 e. The fourth-order valence-electron chi connectivity index (χ4n) is 2.65. The molecule has 0 aliphatic rings. The van der Waals surface area contributed by atoms with Crippen LogP contribution in [0, 0.1) is 5.95 Å². The lowest BCUT2D eigenvalue weighted by atomic mass is 10.0. The molecule has 0 spiro atoms. The molecule has 1 aromatic carbocycles. The highest BCUT2D eigenvalue weighted by Gasteiger charge is 2.23. The normalized spacial score (nSPS) is 11.0. The van der Waals surface area contributed by atoms with E-state index in [9.17, 15) is 4.39 Å². The smallest absolute Gasteiger partial charge is 0.213 e. The average Bonchev–Trinajstić information content (AvgIpc) is 3.23. The predicted octanol–water partition coefficient (Wildman–Crippen LogP) is 5.29. The van der Waals surface area contributed by atoms with Gasteiger partial charge in [0.05, 0.1) is 26.7 Å². The van der Waals surface area contributed by atoms with Gasteiger partial charge in [0.2, 0.25) is 5.95 Å². The fraction of sp³-hybridized carbons (Fsp3) is 0. The second-order valence-electron chi connectivity index (χ2n) is 5.40. The Balaban J connectivity index is 2.00. The molecule has 0 bridgehead atoms. The van der Waals surface area contributed by atoms with E-state index in [4.69, 9.17) is 28.9 Å². The lowest BCUT2D eigenvalue weighted by Crippen LogP contribution is -1.91. The summed E-state index contributed by atoms with van der Waals surface area (Å²) in [5.41, 5.74) is 9.58. The number of thiophene rings is 1. The maximum atomic E-state index is 13.6. The van der Waals surface area contributed by atoms with Crippen molar-refractivity contribution in [1.82, 2.24) is 20.4 Å². The lowest BCUT2D eigenvalue weighted by Gasteiger charge is -2.07. The standard InChI is InChI=1S/C17H10Cl2FN5S/c18-9-1-2-10(11(19)6-9)14-15(21)16(8-3-4-22-13(20)5-8)26-17(14)12-7-23-25-24-12/h1-7H,21H2,(H,23,24,25). The van der Waals surface area contributed by atoms with E-state index in [2.05, 4.69) is 20.4 Å². The summed E-state index contributed by atoms with van der Waals surface area (Å²) in [6.07, 6.45) is 2.99. The van der Waals surface area contributed by atoms with Crippen LogP contribution < -0.4 is 5.73 Å². The van der Waals surface area contributed by atoms with Crippen molar-refractivity contribution >= 4 is 40.2 Å². The molecule has 0 aliphatic carbocycles. The minimum atomic E-state index is -0.579. The molecule has 0 unspecified atom stereocenters. The third kappa shape index (κ3) is 2.94. The zero-order valence-corrected chi connectivity index (χ0v) is 15.3. The van der Waals surface area contributed by atoms with Crippen LogP contribution in [0.3, 0.4) is 0 Å². The van der Waals surface area contributed by atoms with Crippen LogP contribution in [0.1, 0.15) is 0 Å². The first-order valence-corrected chi connectivity index (χ1v) is 8.97.